The van der Waals surface area contributed by atoms with Gasteiger partial charge in [0.1, 0.15) is 11.1 Å². The first-order valence-corrected chi connectivity index (χ1v) is 9.50. The zero-order valence-corrected chi connectivity index (χ0v) is 15.9. The topological polar surface area (TPSA) is 79.6 Å². The Bertz CT molecular complexity index is 1010. The second kappa shape index (κ2) is 6.22. The first-order chi connectivity index (χ1) is 12.8. The van der Waals surface area contributed by atoms with Crippen LogP contribution in [0, 0.1) is 19.8 Å². The lowest BCUT2D eigenvalue weighted by atomic mass is 9.73. The molecule has 1 aliphatic carbocycles. The number of nitrogens with one attached hydrogen (secondary N) is 1. The van der Waals surface area contributed by atoms with Crippen LogP contribution in [0.4, 0.5) is 4.79 Å². The smallest absolute Gasteiger partial charge is 0.336 e. The van der Waals surface area contributed by atoms with Gasteiger partial charge in [0.05, 0.1) is 6.54 Å². The van der Waals surface area contributed by atoms with Crippen LogP contribution in [-0.4, -0.2) is 22.4 Å². The summed E-state index contributed by atoms with van der Waals surface area (Å²) in [5.74, 6) is -0.0693. The van der Waals surface area contributed by atoms with E-state index in [0.717, 1.165) is 35.8 Å². The van der Waals surface area contributed by atoms with Gasteiger partial charge in [-0.1, -0.05) is 19.8 Å². The molecule has 142 valence electrons. The summed E-state index contributed by atoms with van der Waals surface area (Å²) in [5.41, 5.74) is 1.92. The number of urea groups is 1. The fourth-order valence-electron chi connectivity index (χ4n) is 4.42. The number of nitrogens with zero attached hydrogens (tertiary/aromatic N) is 1. The summed E-state index contributed by atoms with van der Waals surface area (Å²) in [5, 5.41) is 3.72. The highest BCUT2D eigenvalue weighted by molar-refractivity contribution is 6.07. The third kappa shape index (κ3) is 2.74. The van der Waals surface area contributed by atoms with Gasteiger partial charge in [-0.05, 0) is 61.4 Å². The summed E-state index contributed by atoms with van der Waals surface area (Å²) < 4.78 is 5.32. The lowest BCUT2D eigenvalue weighted by Gasteiger charge is -2.36. The fourth-order valence-corrected chi connectivity index (χ4v) is 4.42. The number of amides is 3. The standard InChI is InChI=1S/C21H24N2O4/c1-12-8-16-15(10-18(24)27-17(16)9-13(12)2)11-23-19(25)21(22-20(23)26)7-5-4-6-14(21)3/h8-10,14H,4-7,11H2,1-3H3,(H,22,26)/t14-,21+/m0/s1. The molecule has 4 rings (SSSR count). The average Bonchev–Trinajstić information content (AvgIpc) is 2.84. The quantitative estimate of drug-likeness (QED) is 0.651. The van der Waals surface area contributed by atoms with E-state index in [4.69, 9.17) is 4.42 Å². The maximum atomic E-state index is 13.2. The number of hydrogen-bond acceptors (Lipinski definition) is 4. The molecule has 6 nitrogen and oxygen atoms in total. The van der Waals surface area contributed by atoms with Crippen LogP contribution in [-0.2, 0) is 11.3 Å². The number of hydrogen-bond donors (Lipinski definition) is 1. The van der Waals surface area contributed by atoms with Gasteiger partial charge < -0.3 is 9.73 Å². The zero-order chi connectivity index (χ0) is 19.3. The van der Waals surface area contributed by atoms with Crippen molar-refractivity contribution in [2.24, 2.45) is 5.92 Å². The van der Waals surface area contributed by atoms with E-state index in [9.17, 15) is 14.4 Å². The van der Waals surface area contributed by atoms with E-state index in [-0.39, 0.29) is 24.4 Å². The van der Waals surface area contributed by atoms with Crippen LogP contribution in [0.2, 0.25) is 0 Å². The Labute approximate surface area is 157 Å². The van der Waals surface area contributed by atoms with E-state index < -0.39 is 11.2 Å². The summed E-state index contributed by atoms with van der Waals surface area (Å²) in [4.78, 5) is 39.1. The molecule has 0 bridgehead atoms. The summed E-state index contributed by atoms with van der Waals surface area (Å²) >= 11 is 0. The summed E-state index contributed by atoms with van der Waals surface area (Å²) in [6.07, 6.45) is 3.61. The molecule has 2 fully saturated rings. The van der Waals surface area contributed by atoms with E-state index in [1.165, 1.54) is 11.0 Å². The average molecular weight is 368 g/mol. The van der Waals surface area contributed by atoms with Crippen LogP contribution in [0.25, 0.3) is 11.0 Å². The zero-order valence-electron chi connectivity index (χ0n) is 15.9. The molecule has 1 N–H and O–H groups in total. The highest BCUT2D eigenvalue weighted by Crippen LogP contribution is 2.38. The molecule has 1 aromatic heterocycles. The molecule has 0 unspecified atom stereocenters. The molecule has 6 heteroatoms. The number of aryl methyl sites for hydroxylation is 2. The van der Waals surface area contributed by atoms with Gasteiger partial charge in [-0.15, -0.1) is 0 Å². The summed E-state index contributed by atoms with van der Waals surface area (Å²) in [6, 6.07) is 4.78. The van der Waals surface area contributed by atoms with Crippen LogP contribution in [0.15, 0.2) is 27.4 Å². The Hall–Kier alpha value is -2.63. The van der Waals surface area contributed by atoms with Crippen molar-refractivity contribution in [1.29, 1.82) is 0 Å². The molecule has 1 aliphatic heterocycles. The number of fused-ring (bicyclic) bond motifs is 1. The van der Waals surface area contributed by atoms with Crippen molar-refractivity contribution in [2.45, 2.75) is 58.5 Å². The molecule has 2 atom stereocenters. The van der Waals surface area contributed by atoms with Crippen LogP contribution in [0.5, 0.6) is 0 Å². The van der Waals surface area contributed by atoms with Crippen molar-refractivity contribution >= 4 is 22.9 Å². The summed E-state index contributed by atoms with van der Waals surface area (Å²) in [6.45, 7) is 6.03. The number of carbonyl (C=O) groups is 2. The number of imide groups is 1. The largest absolute Gasteiger partial charge is 0.423 e. The van der Waals surface area contributed by atoms with Gasteiger partial charge in [-0.2, -0.15) is 0 Å². The maximum absolute atomic E-state index is 13.2. The first kappa shape index (κ1) is 17.8. The lowest BCUT2D eigenvalue weighted by molar-refractivity contribution is -0.134. The van der Waals surface area contributed by atoms with Crippen molar-refractivity contribution in [2.75, 3.05) is 0 Å². The molecule has 1 aromatic carbocycles. The third-order valence-electron chi connectivity index (χ3n) is 6.27. The molecule has 1 saturated heterocycles. The Morgan fingerprint density at radius 1 is 1.15 bits per heavy atom. The van der Waals surface area contributed by atoms with Gasteiger partial charge in [0.25, 0.3) is 5.91 Å². The minimum Gasteiger partial charge on any atom is -0.423 e. The van der Waals surface area contributed by atoms with Gasteiger partial charge in [0.2, 0.25) is 0 Å². The van der Waals surface area contributed by atoms with Crippen molar-refractivity contribution in [3.63, 3.8) is 0 Å². The van der Waals surface area contributed by atoms with Crippen molar-refractivity contribution in [1.82, 2.24) is 10.2 Å². The lowest BCUT2D eigenvalue weighted by Crippen LogP contribution is -2.53. The molecule has 2 aromatic rings. The highest BCUT2D eigenvalue weighted by Gasteiger charge is 2.54. The Morgan fingerprint density at radius 3 is 2.63 bits per heavy atom. The molecule has 2 aliphatic rings. The Kier molecular flexibility index (Phi) is 4.09. The molecular formula is C21H24N2O4. The number of rotatable bonds is 2. The molecule has 3 amide bonds. The molecule has 1 saturated carbocycles. The van der Waals surface area contributed by atoms with Gasteiger partial charge in [0, 0.05) is 11.5 Å². The summed E-state index contributed by atoms with van der Waals surface area (Å²) in [7, 11) is 0. The van der Waals surface area contributed by atoms with E-state index in [1.807, 2.05) is 32.9 Å². The number of benzene rings is 1. The predicted molar refractivity (Wildman–Crippen MR) is 101 cm³/mol. The second-order valence-electron chi connectivity index (χ2n) is 7.96. The van der Waals surface area contributed by atoms with Crippen molar-refractivity contribution in [3.8, 4) is 0 Å². The van der Waals surface area contributed by atoms with E-state index in [0.29, 0.717) is 17.6 Å². The van der Waals surface area contributed by atoms with Gasteiger partial charge in [0.15, 0.2) is 0 Å². The second-order valence-corrected chi connectivity index (χ2v) is 7.96. The van der Waals surface area contributed by atoms with Crippen LogP contribution < -0.4 is 10.9 Å². The van der Waals surface area contributed by atoms with Gasteiger partial charge >= 0.3 is 11.7 Å². The first-order valence-electron chi connectivity index (χ1n) is 9.50. The van der Waals surface area contributed by atoms with Crippen molar-refractivity contribution < 1.29 is 14.0 Å². The van der Waals surface area contributed by atoms with E-state index in [2.05, 4.69) is 5.32 Å². The van der Waals surface area contributed by atoms with E-state index >= 15 is 0 Å². The van der Waals surface area contributed by atoms with Crippen LogP contribution in [0.1, 0.15) is 49.3 Å². The highest BCUT2D eigenvalue weighted by atomic mass is 16.4. The molecular weight excluding hydrogens is 344 g/mol. The Morgan fingerprint density at radius 2 is 1.89 bits per heavy atom. The van der Waals surface area contributed by atoms with Crippen LogP contribution in [0.3, 0.4) is 0 Å². The normalized spacial score (nSPS) is 25.4. The SMILES string of the molecule is Cc1cc2oc(=O)cc(CN3C(=O)N[C@@]4(CCCC[C@@H]4C)C3=O)c2cc1C. The van der Waals surface area contributed by atoms with Gasteiger partial charge in [-0.25, -0.2) is 9.59 Å². The predicted octanol–water partition coefficient (Wildman–Crippen LogP) is 3.41. The fraction of sp³-hybridized carbons (Fsp3) is 0.476. The molecule has 0 radical (unpaired) electrons. The third-order valence-corrected chi connectivity index (χ3v) is 6.27. The maximum Gasteiger partial charge on any atom is 0.336 e. The molecule has 2 heterocycles. The van der Waals surface area contributed by atoms with Crippen LogP contribution >= 0.6 is 0 Å². The Balaban J connectivity index is 1.74. The number of carbonyl (C=O) groups excluding carboxylic acids is 2. The molecule has 27 heavy (non-hydrogen) atoms. The minimum atomic E-state index is -0.795. The van der Waals surface area contributed by atoms with Gasteiger partial charge in [-0.3, -0.25) is 9.69 Å². The van der Waals surface area contributed by atoms with Crippen molar-refractivity contribution in [3.05, 3.63) is 45.3 Å². The monoisotopic (exact) mass is 368 g/mol. The van der Waals surface area contributed by atoms with E-state index in [1.54, 1.807) is 0 Å². The molecule has 1 spiro atoms. The minimum absolute atomic E-state index is 0.0732.